The minimum absolute atomic E-state index is 0.0366. The standard InChI is InChI=1S/C11H16BrN3O/c12-10-3-1-2-8(4-10)5-13-11(16)9-6-14-15-7-9/h6-8,10H,1-5H2,(H,13,16)(H,14,15). The minimum atomic E-state index is -0.0366. The Hall–Kier alpha value is -0.840. The van der Waals surface area contributed by atoms with Crippen LogP contribution in [0.1, 0.15) is 36.0 Å². The number of halogens is 1. The van der Waals surface area contributed by atoms with Gasteiger partial charge in [0, 0.05) is 17.6 Å². The Balaban J connectivity index is 1.77. The summed E-state index contributed by atoms with van der Waals surface area (Å²) in [7, 11) is 0. The number of carbonyl (C=O) groups is 1. The molecule has 1 amide bonds. The molecule has 0 spiro atoms. The zero-order valence-corrected chi connectivity index (χ0v) is 10.7. The number of amides is 1. The predicted octanol–water partition coefficient (Wildman–Crippen LogP) is 2.09. The molecule has 1 aromatic rings. The van der Waals surface area contributed by atoms with E-state index in [1.807, 2.05) is 0 Å². The highest BCUT2D eigenvalue weighted by molar-refractivity contribution is 9.09. The molecule has 1 aromatic heterocycles. The van der Waals surface area contributed by atoms with Gasteiger partial charge in [0.2, 0.25) is 0 Å². The van der Waals surface area contributed by atoms with Crippen molar-refractivity contribution in [1.29, 1.82) is 0 Å². The highest BCUT2D eigenvalue weighted by Gasteiger charge is 2.20. The van der Waals surface area contributed by atoms with Gasteiger partial charge >= 0.3 is 0 Å². The Morgan fingerprint density at radius 3 is 3.19 bits per heavy atom. The van der Waals surface area contributed by atoms with Gasteiger partial charge in [0.05, 0.1) is 11.8 Å². The lowest BCUT2D eigenvalue weighted by Gasteiger charge is -2.25. The van der Waals surface area contributed by atoms with Crippen LogP contribution in [0.4, 0.5) is 0 Å². The smallest absolute Gasteiger partial charge is 0.254 e. The largest absolute Gasteiger partial charge is 0.352 e. The fourth-order valence-electron chi connectivity index (χ4n) is 2.12. The first-order valence-electron chi connectivity index (χ1n) is 5.66. The Bertz CT molecular complexity index is 339. The predicted molar refractivity (Wildman–Crippen MR) is 65.6 cm³/mol. The van der Waals surface area contributed by atoms with Crippen molar-refractivity contribution in [3.8, 4) is 0 Å². The molecule has 1 heterocycles. The Morgan fingerprint density at radius 1 is 1.62 bits per heavy atom. The van der Waals surface area contributed by atoms with E-state index in [1.165, 1.54) is 19.3 Å². The molecule has 16 heavy (non-hydrogen) atoms. The van der Waals surface area contributed by atoms with Crippen LogP contribution in [-0.2, 0) is 0 Å². The fourth-order valence-corrected chi connectivity index (χ4v) is 2.98. The van der Waals surface area contributed by atoms with E-state index >= 15 is 0 Å². The van der Waals surface area contributed by atoms with Gasteiger partial charge in [-0.3, -0.25) is 9.89 Å². The molecule has 1 saturated carbocycles. The summed E-state index contributed by atoms with van der Waals surface area (Å²) < 4.78 is 0. The molecule has 1 fully saturated rings. The first-order chi connectivity index (χ1) is 7.75. The van der Waals surface area contributed by atoms with Crippen LogP contribution < -0.4 is 5.32 Å². The molecule has 1 aliphatic rings. The van der Waals surface area contributed by atoms with Crippen LogP contribution in [0.2, 0.25) is 0 Å². The topological polar surface area (TPSA) is 57.8 Å². The lowest BCUT2D eigenvalue weighted by atomic mass is 9.89. The van der Waals surface area contributed by atoms with E-state index in [4.69, 9.17) is 0 Å². The van der Waals surface area contributed by atoms with E-state index in [9.17, 15) is 4.79 Å². The highest BCUT2D eigenvalue weighted by Crippen LogP contribution is 2.28. The van der Waals surface area contributed by atoms with Gasteiger partial charge in [-0.15, -0.1) is 0 Å². The number of aromatic amines is 1. The monoisotopic (exact) mass is 285 g/mol. The average molecular weight is 286 g/mol. The zero-order valence-electron chi connectivity index (χ0n) is 9.08. The Kier molecular flexibility index (Phi) is 3.98. The maximum Gasteiger partial charge on any atom is 0.254 e. The molecule has 1 aliphatic carbocycles. The summed E-state index contributed by atoms with van der Waals surface area (Å²) in [6, 6.07) is 0. The minimum Gasteiger partial charge on any atom is -0.352 e. The van der Waals surface area contributed by atoms with Crippen molar-refractivity contribution >= 4 is 21.8 Å². The Labute approximate surface area is 103 Å². The van der Waals surface area contributed by atoms with Gasteiger partial charge in [-0.1, -0.05) is 22.4 Å². The molecule has 0 bridgehead atoms. The number of nitrogens with one attached hydrogen (secondary N) is 2. The SMILES string of the molecule is O=C(NCC1CCCC(Br)C1)c1cn[nH]c1. The van der Waals surface area contributed by atoms with Crippen LogP contribution in [0.25, 0.3) is 0 Å². The van der Waals surface area contributed by atoms with Gasteiger partial charge in [0.1, 0.15) is 0 Å². The van der Waals surface area contributed by atoms with Crippen molar-refractivity contribution < 1.29 is 4.79 Å². The lowest BCUT2D eigenvalue weighted by Crippen LogP contribution is -2.31. The van der Waals surface area contributed by atoms with Crippen molar-refractivity contribution in [1.82, 2.24) is 15.5 Å². The number of carbonyl (C=O) groups excluding carboxylic acids is 1. The summed E-state index contributed by atoms with van der Waals surface area (Å²) in [5, 5.41) is 9.35. The highest BCUT2D eigenvalue weighted by atomic mass is 79.9. The molecule has 5 heteroatoms. The summed E-state index contributed by atoms with van der Waals surface area (Å²) in [6.45, 7) is 0.770. The quantitative estimate of drug-likeness (QED) is 0.836. The normalized spacial score (nSPS) is 25.3. The van der Waals surface area contributed by atoms with Crippen molar-refractivity contribution in [2.75, 3.05) is 6.54 Å². The van der Waals surface area contributed by atoms with E-state index in [2.05, 4.69) is 31.4 Å². The third kappa shape index (κ3) is 3.07. The molecule has 0 aromatic carbocycles. The van der Waals surface area contributed by atoms with Gasteiger partial charge in [0.15, 0.2) is 0 Å². The van der Waals surface area contributed by atoms with Crippen LogP contribution in [0, 0.1) is 5.92 Å². The third-order valence-corrected chi connectivity index (χ3v) is 3.86. The van der Waals surface area contributed by atoms with E-state index in [-0.39, 0.29) is 5.91 Å². The van der Waals surface area contributed by atoms with E-state index in [0.717, 1.165) is 13.0 Å². The number of hydrogen-bond donors (Lipinski definition) is 2. The van der Waals surface area contributed by atoms with Gasteiger partial charge in [-0.05, 0) is 25.2 Å². The van der Waals surface area contributed by atoms with Gasteiger partial charge in [0.25, 0.3) is 5.91 Å². The van der Waals surface area contributed by atoms with Crippen LogP contribution in [-0.4, -0.2) is 27.5 Å². The molecular weight excluding hydrogens is 270 g/mol. The number of nitrogens with zero attached hydrogens (tertiary/aromatic N) is 1. The number of alkyl halides is 1. The lowest BCUT2D eigenvalue weighted by molar-refractivity contribution is 0.0944. The molecule has 2 unspecified atom stereocenters. The molecule has 0 radical (unpaired) electrons. The summed E-state index contributed by atoms with van der Waals surface area (Å²) in [5.74, 6) is 0.569. The van der Waals surface area contributed by atoms with E-state index in [0.29, 0.717) is 16.3 Å². The summed E-state index contributed by atoms with van der Waals surface area (Å²) >= 11 is 3.65. The Morgan fingerprint density at radius 2 is 2.50 bits per heavy atom. The average Bonchev–Trinajstić information content (AvgIpc) is 2.79. The number of hydrogen-bond acceptors (Lipinski definition) is 2. The molecule has 0 saturated heterocycles. The molecule has 4 nitrogen and oxygen atoms in total. The molecular formula is C11H16BrN3O. The van der Waals surface area contributed by atoms with Crippen LogP contribution in [0.5, 0.6) is 0 Å². The zero-order chi connectivity index (χ0) is 11.4. The van der Waals surface area contributed by atoms with Gasteiger partial charge < -0.3 is 5.32 Å². The second kappa shape index (κ2) is 5.48. The van der Waals surface area contributed by atoms with E-state index in [1.54, 1.807) is 12.4 Å². The van der Waals surface area contributed by atoms with E-state index < -0.39 is 0 Å². The van der Waals surface area contributed by atoms with Crippen LogP contribution in [0.3, 0.4) is 0 Å². The summed E-state index contributed by atoms with van der Waals surface area (Å²) in [6.07, 6.45) is 8.04. The first kappa shape index (κ1) is 11.6. The second-order valence-corrected chi connectivity index (χ2v) is 5.62. The third-order valence-electron chi connectivity index (χ3n) is 3.03. The maximum atomic E-state index is 11.6. The van der Waals surface area contributed by atoms with Crippen molar-refractivity contribution in [2.24, 2.45) is 5.92 Å². The summed E-state index contributed by atoms with van der Waals surface area (Å²) in [5.41, 5.74) is 0.603. The fraction of sp³-hybridized carbons (Fsp3) is 0.636. The number of aromatic nitrogens is 2. The maximum absolute atomic E-state index is 11.6. The number of H-pyrrole nitrogens is 1. The van der Waals surface area contributed by atoms with Crippen molar-refractivity contribution in [3.63, 3.8) is 0 Å². The van der Waals surface area contributed by atoms with Crippen molar-refractivity contribution in [3.05, 3.63) is 18.0 Å². The molecule has 2 N–H and O–H groups in total. The van der Waals surface area contributed by atoms with Crippen LogP contribution >= 0.6 is 15.9 Å². The van der Waals surface area contributed by atoms with Crippen LogP contribution in [0.15, 0.2) is 12.4 Å². The van der Waals surface area contributed by atoms with Gasteiger partial charge in [-0.2, -0.15) is 5.10 Å². The molecule has 2 rings (SSSR count). The van der Waals surface area contributed by atoms with Crippen molar-refractivity contribution in [2.45, 2.75) is 30.5 Å². The number of rotatable bonds is 3. The first-order valence-corrected chi connectivity index (χ1v) is 6.58. The van der Waals surface area contributed by atoms with Gasteiger partial charge in [-0.25, -0.2) is 0 Å². The molecule has 0 aliphatic heterocycles. The summed E-state index contributed by atoms with van der Waals surface area (Å²) in [4.78, 5) is 12.3. The second-order valence-electron chi connectivity index (χ2n) is 4.33. The molecule has 88 valence electrons. The molecule has 2 atom stereocenters.